The van der Waals surface area contributed by atoms with E-state index in [9.17, 15) is 19.2 Å². The molecule has 0 aliphatic carbocycles. The Morgan fingerprint density at radius 3 is 2.62 bits per heavy atom. The van der Waals surface area contributed by atoms with Crippen molar-refractivity contribution in [3.8, 4) is 11.5 Å². The van der Waals surface area contributed by atoms with Crippen LogP contribution in [0.2, 0.25) is 0 Å². The molecule has 12 nitrogen and oxygen atoms in total. The molecule has 0 fully saturated rings. The Morgan fingerprint density at radius 1 is 1.26 bits per heavy atom. The lowest BCUT2D eigenvalue weighted by molar-refractivity contribution is 0.159. The molecule has 1 unspecified atom stereocenters. The molecule has 3 rings (SSSR count). The largest absolute Gasteiger partial charge is 0.449 e. The van der Waals surface area contributed by atoms with Crippen molar-refractivity contribution in [1.29, 1.82) is 0 Å². The first kappa shape index (κ1) is 25.0. The van der Waals surface area contributed by atoms with Crippen molar-refractivity contribution in [3.63, 3.8) is 0 Å². The molecule has 5 N–H and O–H groups in total. The third-order valence-electron chi connectivity index (χ3n) is 4.40. The van der Waals surface area contributed by atoms with E-state index < -0.39 is 15.8 Å². The summed E-state index contributed by atoms with van der Waals surface area (Å²) in [5.41, 5.74) is 1.39. The van der Waals surface area contributed by atoms with Crippen LogP contribution in [0.3, 0.4) is 0 Å². The van der Waals surface area contributed by atoms with Crippen LogP contribution in [0.4, 0.5) is 22.2 Å². The molecule has 0 aliphatic rings. The minimum absolute atomic E-state index is 0.134. The molecule has 2 atom stereocenters. The van der Waals surface area contributed by atoms with Gasteiger partial charge in [0.2, 0.25) is 11.8 Å². The number of nitrogens with zero attached hydrogens (tertiary/aromatic N) is 3. The number of aromatic nitrogens is 3. The zero-order valence-corrected chi connectivity index (χ0v) is 19.5. The number of carbonyl (C=O) groups is 1. The number of nitrogens with one attached hydrogen (secondary N) is 3. The van der Waals surface area contributed by atoms with Crippen LogP contribution in [0.25, 0.3) is 11.5 Å². The van der Waals surface area contributed by atoms with Crippen LogP contribution in [0.15, 0.2) is 46.0 Å². The molecule has 3 aromatic rings. The second-order valence-electron chi connectivity index (χ2n) is 7.13. The van der Waals surface area contributed by atoms with Gasteiger partial charge in [-0.05, 0) is 44.0 Å². The van der Waals surface area contributed by atoms with Gasteiger partial charge in [0.1, 0.15) is 17.8 Å². The van der Waals surface area contributed by atoms with Crippen molar-refractivity contribution in [2.75, 3.05) is 23.8 Å². The Balaban J connectivity index is 1.82. The average Bonchev–Trinajstić information content (AvgIpc) is 3.28. The van der Waals surface area contributed by atoms with Crippen molar-refractivity contribution >= 4 is 39.1 Å². The van der Waals surface area contributed by atoms with Gasteiger partial charge in [-0.1, -0.05) is 0 Å². The fourth-order valence-electron chi connectivity index (χ4n) is 2.73. The molecule has 0 saturated heterocycles. The number of oxazole rings is 1. The minimum Gasteiger partial charge on any atom is -0.449 e. The normalized spacial score (nSPS) is 13.5. The number of aliphatic hydroxyl groups excluding tert-OH is 2. The van der Waals surface area contributed by atoms with E-state index in [-0.39, 0.29) is 37.7 Å². The molecule has 34 heavy (non-hydrogen) atoms. The summed E-state index contributed by atoms with van der Waals surface area (Å²) >= 11 is 0. The minimum atomic E-state index is -3.08. The van der Waals surface area contributed by atoms with Gasteiger partial charge in [-0.25, -0.2) is 23.7 Å². The van der Waals surface area contributed by atoms with Crippen molar-refractivity contribution in [1.82, 2.24) is 19.7 Å². The highest BCUT2D eigenvalue weighted by Crippen LogP contribution is 2.28. The summed E-state index contributed by atoms with van der Waals surface area (Å²) < 4.78 is 25.1. The van der Waals surface area contributed by atoms with Crippen LogP contribution in [-0.2, 0) is 21.1 Å². The molecule has 0 radical (unpaired) electrons. The summed E-state index contributed by atoms with van der Waals surface area (Å²) in [5, 5.41) is 24.8. The maximum atomic E-state index is 12.7. The molecule has 1 aromatic carbocycles. The van der Waals surface area contributed by atoms with Crippen LogP contribution in [0.5, 0.6) is 0 Å². The predicted molar refractivity (Wildman–Crippen MR) is 127 cm³/mol. The van der Waals surface area contributed by atoms with Crippen LogP contribution in [0, 0.1) is 0 Å². The summed E-state index contributed by atoms with van der Waals surface area (Å²) in [5.74, 6) is 4.39. The highest BCUT2D eigenvalue weighted by molar-refractivity contribution is 7.99. The van der Waals surface area contributed by atoms with E-state index in [1.54, 1.807) is 38.1 Å². The number of hydrogen-bond donors (Lipinski definition) is 5. The number of ether oxygens (including phenoxy) is 1. The summed E-state index contributed by atoms with van der Waals surface area (Å²) in [6, 6.07) is 6.05. The van der Waals surface area contributed by atoms with Gasteiger partial charge in [-0.3, -0.25) is 0 Å². The molecule has 2 aromatic heterocycles. The number of hydrogen-bond acceptors (Lipinski definition) is 11. The van der Waals surface area contributed by atoms with Gasteiger partial charge < -0.3 is 30.0 Å². The third kappa shape index (κ3) is 6.21. The standard InChI is InChI=1S/C21H26N6O6S/c1-4-32-21(30)27-34(3,31)16-7-5-14(6-8-16)25-20-22-9-17(18(26-20)23-13(2)10-28)19-24-15(11-29)12-33-19/h5-9,12-13,28-29H,3-4,10-11H2,1-2H3,(H,27,30,31)(H2,22,23,25,26)/t13-,34?/m1/s1. The lowest BCUT2D eigenvalue weighted by atomic mass is 10.2. The fourth-order valence-corrected chi connectivity index (χ4v) is 3.75. The van der Waals surface area contributed by atoms with E-state index in [0.717, 1.165) is 0 Å². The first-order chi connectivity index (χ1) is 16.2. The van der Waals surface area contributed by atoms with E-state index in [1.165, 1.54) is 12.5 Å². The Labute approximate surface area is 196 Å². The summed E-state index contributed by atoms with van der Waals surface area (Å²) in [6.07, 6.45) is 2.02. The van der Waals surface area contributed by atoms with E-state index in [1.807, 2.05) is 0 Å². The second-order valence-corrected chi connectivity index (χ2v) is 9.16. The van der Waals surface area contributed by atoms with Gasteiger partial charge in [0.05, 0.1) is 35.1 Å². The lowest BCUT2D eigenvalue weighted by Crippen LogP contribution is -2.30. The number of anilines is 3. The smallest absolute Gasteiger partial charge is 0.418 e. The highest BCUT2D eigenvalue weighted by Gasteiger charge is 2.17. The Morgan fingerprint density at radius 2 is 2.00 bits per heavy atom. The average molecular weight is 491 g/mol. The van der Waals surface area contributed by atoms with Crippen LogP contribution in [-0.4, -0.2) is 60.6 Å². The molecule has 182 valence electrons. The maximum Gasteiger partial charge on any atom is 0.418 e. The van der Waals surface area contributed by atoms with Crippen LogP contribution in [0.1, 0.15) is 19.5 Å². The van der Waals surface area contributed by atoms with Gasteiger partial charge in [-0.2, -0.15) is 4.98 Å². The number of benzene rings is 1. The summed E-state index contributed by atoms with van der Waals surface area (Å²) in [6.45, 7) is 3.15. The molecule has 1 amide bonds. The zero-order chi connectivity index (χ0) is 24.7. The summed E-state index contributed by atoms with van der Waals surface area (Å²) in [4.78, 5) is 24.8. The van der Waals surface area contributed by atoms with E-state index >= 15 is 0 Å². The van der Waals surface area contributed by atoms with Crippen molar-refractivity contribution in [2.24, 2.45) is 0 Å². The fraction of sp³-hybridized carbons (Fsp3) is 0.286. The Kier molecular flexibility index (Phi) is 8.04. The summed E-state index contributed by atoms with van der Waals surface area (Å²) in [7, 11) is -3.08. The maximum absolute atomic E-state index is 12.7. The van der Waals surface area contributed by atoms with Crippen molar-refractivity contribution in [2.45, 2.75) is 31.4 Å². The number of rotatable bonds is 10. The molecule has 0 aliphatic heterocycles. The Bertz CT molecular complexity index is 1230. The first-order valence-corrected chi connectivity index (χ1v) is 12.0. The van der Waals surface area contributed by atoms with Gasteiger partial charge in [-0.15, -0.1) is 0 Å². The SMILES string of the molecule is C=S(=O)(NC(=O)OCC)c1ccc(Nc2ncc(-c3nc(CO)co3)c(N[C@H](C)CO)n2)cc1. The molecule has 0 saturated carbocycles. The van der Waals surface area contributed by atoms with Gasteiger partial charge in [0.15, 0.2) is 0 Å². The van der Waals surface area contributed by atoms with Crippen molar-refractivity contribution in [3.05, 3.63) is 42.4 Å². The molecule has 0 spiro atoms. The molecule has 2 heterocycles. The second kappa shape index (κ2) is 11.0. The topological polar surface area (TPSA) is 172 Å². The van der Waals surface area contributed by atoms with Crippen molar-refractivity contribution < 1.29 is 28.4 Å². The number of carbonyl (C=O) groups excluding carboxylic acids is 1. The molecule has 0 bridgehead atoms. The molecule has 13 heteroatoms. The number of amides is 1. The molecular weight excluding hydrogens is 464 g/mol. The monoisotopic (exact) mass is 490 g/mol. The van der Waals surface area contributed by atoms with E-state index in [0.29, 0.717) is 27.7 Å². The highest BCUT2D eigenvalue weighted by atomic mass is 32.2. The van der Waals surface area contributed by atoms with Gasteiger partial charge in [0.25, 0.3) is 0 Å². The predicted octanol–water partition coefficient (Wildman–Crippen LogP) is 1.90. The molecular formula is C21H26N6O6S. The quantitative estimate of drug-likeness (QED) is 0.263. The third-order valence-corrected chi connectivity index (χ3v) is 5.93. The van der Waals surface area contributed by atoms with Gasteiger partial charge >= 0.3 is 6.09 Å². The zero-order valence-electron chi connectivity index (χ0n) is 18.6. The van der Waals surface area contributed by atoms with Gasteiger partial charge in [0, 0.05) is 22.8 Å². The number of aliphatic hydroxyl groups is 2. The van der Waals surface area contributed by atoms with E-state index in [4.69, 9.17) is 9.15 Å². The lowest BCUT2D eigenvalue weighted by Gasteiger charge is -2.15. The van der Waals surface area contributed by atoms with E-state index in [2.05, 4.69) is 36.2 Å². The van der Waals surface area contributed by atoms with Crippen LogP contribution < -0.4 is 15.4 Å². The Hall–Kier alpha value is -3.68. The first-order valence-electron chi connectivity index (χ1n) is 10.2. The van der Waals surface area contributed by atoms with Crippen LogP contribution >= 0.6 is 0 Å².